The fourth-order valence-corrected chi connectivity index (χ4v) is 3.29. The minimum atomic E-state index is -1.07. The Morgan fingerprint density at radius 1 is 1.00 bits per heavy atom. The second kappa shape index (κ2) is 9.17. The molecule has 0 aliphatic carbocycles. The molecule has 0 amide bonds. The molecule has 132 valence electrons. The highest BCUT2D eigenvalue weighted by Crippen LogP contribution is 2.30. The number of esters is 2. The maximum atomic E-state index is 12.2. The number of hydrogen-bond acceptors (Lipinski definition) is 7. The average molecular weight is 356 g/mol. The molecule has 1 rings (SSSR count). The lowest BCUT2D eigenvalue weighted by Gasteiger charge is -2.05. The van der Waals surface area contributed by atoms with Crippen LogP contribution < -0.4 is 0 Å². The number of carbonyl (C=O) groups excluding carboxylic acids is 3. The van der Waals surface area contributed by atoms with Crippen LogP contribution in [-0.2, 0) is 25.5 Å². The molecule has 0 unspecified atom stereocenters. The molecule has 0 radical (unpaired) electrons. The van der Waals surface area contributed by atoms with Gasteiger partial charge in [-0.15, -0.1) is 11.3 Å². The highest BCUT2D eigenvalue weighted by Gasteiger charge is 2.27. The summed E-state index contributed by atoms with van der Waals surface area (Å²) in [6.07, 6.45) is -0.529. The molecule has 7 nitrogen and oxygen atoms in total. The molecule has 0 saturated heterocycles. The average Bonchev–Trinajstić information content (AvgIpc) is 2.82. The first-order valence-electron chi connectivity index (χ1n) is 7.51. The van der Waals surface area contributed by atoms with E-state index in [1.165, 1.54) is 0 Å². The molecular formula is C16H20O7S. The number of ketones is 1. The first-order chi connectivity index (χ1) is 11.3. The van der Waals surface area contributed by atoms with Crippen LogP contribution in [0.3, 0.4) is 0 Å². The van der Waals surface area contributed by atoms with Gasteiger partial charge in [0, 0.05) is 17.7 Å². The van der Waals surface area contributed by atoms with E-state index >= 15 is 0 Å². The van der Waals surface area contributed by atoms with E-state index in [2.05, 4.69) is 0 Å². The minimum absolute atomic E-state index is 0.119. The lowest BCUT2D eigenvalue weighted by atomic mass is 10.1. The van der Waals surface area contributed by atoms with Crippen molar-refractivity contribution < 1.29 is 33.8 Å². The third-order valence-electron chi connectivity index (χ3n) is 3.14. The van der Waals surface area contributed by atoms with Gasteiger partial charge in [-0.25, -0.2) is 9.59 Å². The number of rotatable bonds is 9. The Morgan fingerprint density at radius 3 is 2.12 bits per heavy atom. The molecule has 0 bridgehead atoms. The predicted octanol–water partition coefficient (Wildman–Crippen LogP) is 2.39. The normalized spacial score (nSPS) is 10.3. The van der Waals surface area contributed by atoms with Gasteiger partial charge in [-0.2, -0.15) is 0 Å². The first-order valence-corrected chi connectivity index (χ1v) is 8.33. The standard InChI is InChI=1S/C16H20O7S/c1-4-22-15(20)13-9(3)14(16(21)23-5-2)24-11(13)8-10(17)6-7-12(18)19/h4-8H2,1-3H3,(H,18,19). The predicted molar refractivity (Wildman–Crippen MR) is 86.5 cm³/mol. The lowest BCUT2D eigenvalue weighted by Crippen LogP contribution is -2.11. The Kier molecular flexibility index (Phi) is 7.57. The molecule has 1 N–H and O–H groups in total. The maximum Gasteiger partial charge on any atom is 0.348 e. The Hall–Kier alpha value is -2.22. The van der Waals surface area contributed by atoms with Crippen molar-refractivity contribution >= 4 is 35.0 Å². The van der Waals surface area contributed by atoms with Crippen molar-refractivity contribution in [3.05, 3.63) is 20.9 Å². The van der Waals surface area contributed by atoms with Gasteiger partial charge in [0.15, 0.2) is 0 Å². The third kappa shape index (κ3) is 5.16. The number of carboxylic acid groups (broad SMARTS) is 1. The summed E-state index contributed by atoms with van der Waals surface area (Å²) in [6, 6.07) is 0. The number of carbonyl (C=O) groups is 4. The highest BCUT2D eigenvalue weighted by atomic mass is 32.1. The Bertz CT molecular complexity index is 645. The fraction of sp³-hybridized carbons (Fsp3) is 0.500. The molecule has 24 heavy (non-hydrogen) atoms. The molecule has 8 heteroatoms. The molecule has 0 atom stereocenters. The van der Waals surface area contributed by atoms with E-state index in [1.807, 2.05) is 0 Å². The molecule has 1 aromatic heterocycles. The number of carboxylic acids is 1. The van der Waals surface area contributed by atoms with E-state index in [0.29, 0.717) is 10.4 Å². The van der Waals surface area contributed by atoms with Gasteiger partial charge < -0.3 is 14.6 Å². The Labute approximate surface area is 143 Å². The summed E-state index contributed by atoms with van der Waals surface area (Å²) >= 11 is 1.01. The summed E-state index contributed by atoms with van der Waals surface area (Å²) in [4.78, 5) is 47.3. The van der Waals surface area contributed by atoms with Gasteiger partial charge in [0.2, 0.25) is 0 Å². The number of aliphatic carboxylic acids is 1. The quantitative estimate of drug-likeness (QED) is 0.677. The first kappa shape index (κ1) is 19.8. The van der Waals surface area contributed by atoms with Gasteiger partial charge >= 0.3 is 17.9 Å². The van der Waals surface area contributed by atoms with Gasteiger partial charge in [-0.3, -0.25) is 9.59 Å². The van der Waals surface area contributed by atoms with Crippen LogP contribution in [0, 0.1) is 6.92 Å². The number of thiophene rings is 1. The van der Waals surface area contributed by atoms with Gasteiger partial charge in [0.1, 0.15) is 10.7 Å². The summed E-state index contributed by atoms with van der Waals surface area (Å²) in [6.45, 7) is 5.28. The maximum absolute atomic E-state index is 12.2. The number of hydrogen-bond donors (Lipinski definition) is 1. The van der Waals surface area contributed by atoms with Crippen molar-refractivity contribution in [2.75, 3.05) is 13.2 Å². The molecule has 0 saturated carbocycles. The topological polar surface area (TPSA) is 107 Å². The van der Waals surface area contributed by atoms with Crippen LogP contribution in [-0.4, -0.2) is 42.0 Å². The van der Waals surface area contributed by atoms with Crippen LogP contribution in [0.15, 0.2) is 0 Å². The van der Waals surface area contributed by atoms with Crippen molar-refractivity contribution in [2.24, 2.45) is 0 Å². The van der Waals surface area contributed by atoms with Crippen molar-refractivity contribution in [2.45, 2.75) is 40.0 Å². The molecule has 0 aliphatic heterocycles. The van der Waals surface area contributed by atoms with Crippen LogP contribution in [0.4, 0.5) is 0 Å². The van der Waals surface area contributed by atoms with Crippen molar-refractivity contribution in [1.82, 2.24) is 0 Å². The molecule has 1 aromatic rings. The summed E-state index contributed by atoms with van der Waals surface area (Å²) < 4.78 is 9.95. The summed E-state index contributed by atoms with van der Waals surface area (Å²) in [5.74, 6) is -2.55. The molecular weight excluding hydrogens is 336 g/mol. The molecule has 1 heterocycles. The highest BCUT2D eigenvalue weighted by molar-refractivity contribution is 7.14. The smallest absolute Gasteiger partial charge is 0.348 e. The van der Waals surface area contributed by atoms with Gasteiger partial charge in [0.05, 0.1) is 25.2 Å². The SMILES string of the molecule is CCOC(=O)c1sc(CC(=O)CCC(=O)O)c(C(=O)OCC)c1C. The van der Waals surface area contributed by atoms with Crippen LogP contribution >= 0.6 is 11.3 Å². The lowest BCUT2D eigenvalue weighted by molar-refractivity contribution is -0.138. The monoisotopic (exact) mass is 356 g/mol. The molecule has 0 fully saturated rings. The Morgan fingerprint density at radius 2 is 1.58 bits per heavy atom. The molecule has 0 aromatic carbocycles. The van der Waals surface area contributed by atoms with E-state index in [-0.39, 0.29) is 48.7 Å². The van der Waals surface area contributed by atoms with Crippen molar-refractivity contribution in [3.8, 4) is 0 Å². The van der Waals surface area contributed by atoms with Gasteiger partial charge in [-0.1, -0.05) is 0 Å². The third-order valence-corrected chi connectivity index (χ3v) is 4.41. The van der Waals surface area contributed by atoms with E-state index < -0.39 is 17.9 Å². The zero-order valence-electron chi connectivity index (χ0n) is 13.8. The van der Waals surface area contributed by atoms with Crippen LogP contribution in [0.2, 0.25) is 0 Å². The number of Topliss-reactive ketones (excluding diaryl/α,β-unsaturated/α-hetero) is 1. The van der Waals surface area contributed by atoms with Crippen molar-refractivity contribution in [3.63, 3.8) is 0 Å². The van der Waals surface area contributed by atoms with E-state index in [9.17, 15) is 19.2 Å². The van der Waals surface area contributed by atoms with Crippen LogP contribution in [0.5, 0.6) is 0 Å². The van der Waals surface area contributed by atoms with Crippen molar-refractivity contribution in [1.29, 1.82) is 0 Å². The zero-order chi connectivity index (χ0) is 18.3. The van der Waals surface area contributed by atoms with E-state index in [1.54, 1.807) is 20.8 Å². The second-order valence-corrected chi connectivity index (χ2v) is 6.01. The largest absolute Gasteiger partial charge is 0.481 e. The fourth-order valence-electron chi connectivity index (χ4n) is 2.07. The summed E-state index contributed by atoms with van der Waals surface area (Å²) in [5.41, 5.74) is 0.603. The molecule has 0 aliphatic rings. The van der Waals surface area contributed by atoms with E-state index in [0.717, 1.165) is 11.3 Å². The summed E-state index contributed by atoms with van der Waals surface area (Å²) in [7, 11) is 0. The minimum Gasteiger partial charge on any atom is -0.481 e. The Balaban J connectivity index is 3.13. The molecule has 0 spiro atoms. The van der Waals surface area contributed by atoms with Gasteiger partial charge in [-0.05, 0) is 26.3 Å². The van der Waals surface area contributed by atoms with E-state index in [4.69, 9.17) is 14.6 Å². The van der Waals surface area contributed by atoms with Crippen LogP contribution in [0.25, 0.3) is 0 Å². The van der Waals surface area contributed by atoms with Gasteiger partial charge in [0.25, 0.3) is 0 Å². The number of ether oxygens (including phenoxy) is 2. The summed E-state index contributed by atoms with van der Waals surface area (Å²) in [5, 5.41) is 8.64. The second-order valence-electron chi connectivity index (χ2n) is 4.90. The zero-order valence-corrected chi connectivity index (χ0v) is 14.7. The van der Waals surface area contributed by atoms with Crippen LogP contribution in [0.1, 0.15) is 57.2 Å².